The second kappa shape index (κ2) is 9.88. The maximum atomic E-state index is 7.49. The van der Waals surface area contributed by atoms with Crippen LogP contribution in [0.25, 0.3) is 0 Å². The SMILES string of the molecule is O[CH2][Mn+].[OH-]. The van der Waals surface area contributed by atoms with Crippen LogP contribution in [0.4, 0.5) is 0 Å². The van der Waals surface area contributed by atoms with Crippen LogP contribution >= 0.6 is 0 Å². The Bertz CT molecular complexity index is 6.00. The summed E-state index contributed by atoms with van der Waals surface area (Å²) < 4.78 is 0. The van der Waals surface area contributed by atoms with Crippen molar-refractivity contribution in [3.63, 3.8) is 0 Å². The Balaban J connectivity index is 0. The van der Waals surface area contributed by atoms with E-state index in [0.717, 1.165) is 0 Å². The Morgan fingerprint density at radius 1 is 1.75 bits per heavy atom. The van der Waals surface area contributed by atoms with E-state index in [4.69, 9.17) is 5.11 Å². The molecule has 0 aromatic rings. The molecule has 0 aliphatic heterocycles. The van der Waals surface area contributed by atoms with Crippen molar-refractivity contribution >= 4 is 0 Å². The summed E-state index contributed by atoms with van der Waals surface area (Å²) in [6.07, 6.45) is 0. The summed E-state index contributed by atoms with van der Waals surface area (Å²) in [6, 6.07) is 0. The van der Waals surface area contributed by atoms with Crippen molar-refractivity contribution in [2.45, 2.75) is 0 Å². The van der Waals surface area contributed by atoms with Gasteiger partial charge in [-0.25, -0.2) is 0 Å². The smallest absolute Gasteiger partial charge is 0.870 e. The van der Waals surface area contributed by atoms with E-state index in [0.29, 0.717) is 0 Å². The first-order valence-corrected chi connectivity index (χ1v) is 1.42. The van der Waals surface area contributed by atoms with Crippen molar-refractivity contribution < 1.29 is 26.6 Å². The molecule has 2 N–H and O–H groups in total. The minimum absolute atomic E-state index is 0. The van der Waals surface area contributed by atoms with Crippen LogP contribution < -0.4 is 0 Å². The summed E-state index contributed by atoms with van der Waals surface area (Å²) in [5.74, 6) is 0. The van der Waals surface area contributed by atoms with Gasteiger partial charge in [0.25, 0.3) is 0 Å². The number of aliphatic hydroxyl groups is 1. The summed E-state index contributed by atoms with van der Waals surface area (Å²) >= 11 is 2.70. The summed E-state index contributed by atoms with van der Waals surface area (Å²) in [5, 5.41) is 7.49. The molecule has 0 aliphatic carbocycles. The zero-order chi connectivity index (χ0) is 2.71. The quantitative estimate of drug-likeness (QED) is 0.412. The molecule has 0 aliphatic rings. The molecule has 0 rings (SSSR count). The molecule has 3 heteroatoms. The van der Waals surface area contributed by atoms with Gasteiger partial charge in [0, 0.05) is 0 Å². The predicted molar refractivity (Wildman–Crippen MR) is 9.02 cm³/mol. The van der Waals surface area contributed by atoms with Crippen LogP contribution in [0.1, 0.15) is 0 Å². The van der Waals surface area contributed by atoms with Crippen molar-refractivity contribution in [1.82, 2.24) is 0 Å². The van der Waals surface area contributed by atoms with E-state index in [9.17, 15) is 0 Å². The average Bonchev–Trinajstić information content (AvgIpc) is 0.918. The molecule has 4 heavy (non-hydrogen) atoms. The standard InChI is InChI=1S/CH3O.Mn.H2O/c1-2;;/h2H,1H2;;1H2/q;+1;/p-1. The van der Waals surface area contributed by atoms with Gasteiger partial charge in [-0.05, 0) is 0 Å². The third-order valence-corrected chi connectivity index (χ3v) is 0. The second-order valence-electron chi connectivity index (χ2n) is 0.120. The van der Waals surface area contributed by atoms with Gasteiger partial charge in [0.1, 0.15) is 0 Å². The summed E-state index contributed by atoms with van der Waals surface area (Å²) in [5.41, 5.74) is 0.0625. The van der Waals surface area contributed by atoms with Crippen LogP contribution in [-0.4, -0.2) is 16.1 Å². The van der Waals surface area contributed by atoms with Gasteiger partial charge in [-0.3, -0.25) is 0 Å². The molecule has 0 atom stereocenters. The Hall–Kier alpha value is 0.439. The normalized spacial score (nSPS) is 4.25. The van der Waals surface area contributed by atoms with Crippen LogP contribution in [0.3, 0.4) is 0 Å². The van der Waals surface area contributed by atoms with E-state index in [1.807, 2.05) is 0 Å². The van der Waals surface area contributed by atoms with Gasteiger partial charge in [-0.2, -0.15) is 0 Å². The van der Waals surface area contributed by atoms with Crippen molar-refractivity contribution in [2.24, 2.45) is 0 Å². The molecular formula is CH4MnO2. The van der Waals surface area contributed by atoms with Crippen LogP contribution in [0.2, 0.25) is 0 Å². The van der Waals surface area contributed by atoms with Gasteiger partial charge >= 0.3 is 26.6 Å². The molecule has 0 heterocycles. The van der Waals surface area contributed by atoms with E-state index in [-0.39, 0.29) is 11.0 Å². The second-order valence-corrected chi connectivity index (χ2v) is 0.493. The number of aliphatic hydroxyl groups excluding tert-OH is 1. The molecule has 0 saturated carbocycles. The Morgan fingerprint density at radius 2 is 1.75 bits per heavy atom. The van der Waals surface area contributed by atoms with Crippen molar-refractivity contribution in [2.75, 3.05) is 5.51 Å². The third-order valence-electron chi connectivity index (χ3n) is 0. The van der Waals surface area contributed by atoms with Gasteiger partial charge in [-0.15, -0.1) is 0 Å². The first kappa shape index (κ1) is 8.83. The molecule has 0 amide bonds. The Kier molecular flexibility index (Phi) is 21.8. The molecule has 0 bridgehead atoms. The number of hydrogen-bond acceptors (Lipinski definition) is 2. The summed E-state index contributed by atoms with van der Waals surface area (Å²) in [7, 11) is 0. The zero-order valence-electron chi connectivity index (χ0n) is 1.98. The first-order chi connectivity index (χ1) is 1.41. The Morgan fingerprint density at radius 3 is 1.75 bits per heavy atom. The van der Waals surface area contributed by atoms with Gasteiger partial charge in [-0.1, -0.05) is 0 Å². The predicted octanol–water partition coefficient (Wildman–Crippen LogP) is -0.694. The van der Waals surface area contributed by atoms with E-state index in [1.54, 1.807) is 0 Å². The minimum atomic E-state index is 0. The van der Waals surface area contributed by atoms with Gasteiger partial charge in [0.05, 0.1) is 0 Å². The molecule has 0 fully saturated rings. The van der Waals surface area contributed by atoms with Crippen molar-refractivity contribution in [3.8, 4) is 0 Å². The summed E-state index contributed by atoms with van der Waals surface area (Å²) in [4.78, 5) is 0. The van der Waals surface area contributed by atoms with E-state index in [2.05, 4.69) is 16.0 Å². The topological polar surface area (TPSA) is 50.2 Å². The monoisotopic (exact) mass is 103 g/mol. The van der Waals surface area contributed by atoms with Crippen molar-refractivity contribution in [3.05, 3.63) is 0 Å². The molecule has 0 unspecified atom stereocenters. The summed E-state index contributed by atoms with van der Waals surface area (Å²) in [6.45, 7) is 0. The number of hydrogen-bond donors (Lipinski definition) is 1. The average molecular weight is 103 g/mol. The van der Waals surface area contributed by atoms with Gasteiger partial charge in [0.15, 0.2) is 0 Å². The van der Waals surface area contributed by atoms with Gasteiger partial charge < -0.3 is 5.48 Å². The van der Waals surface area contributed by atoms with E-state index >= 15 is 0 Å². The maximum Gasteiger partial charge on any atom is -0.870 e. The first-order valence-electron chi connectivity index (χ1n) is 0.583. The molecular weight excluding hydrogens is 98.9 g/mol. The van der Waals surface area contributed by atoms with Crippen LogP contribution in [0, 0.1) is 0 Å². The fourth-order valence-corrected chi connectivity index (χ4v) is 0. The Labute approximate surface area is 32.9 Å². The van der Waals surface area contributed by atoms with Crippen LogP contribution in [0.15, 0.2) is 0 Å². The maximum absolute atomic E-state index is 7.49. The van der Waals surface area contributed by atoms with Crippen LogP contribution in [0.5, 0.6) is 0 Å². The fraction of sp³-hybridized carbons (Fsp3) is 1.00. The number of rotatable bonds is 0. The largest absolute Gasteiger partial charge is 0.870 e. The minimum Gasteiger partial charge on any atom is -0.870 e. The molecule has 0 saturated heterocycles. The fourth-order valence-electron chi connectivity index (χ4n) is 0. The van der Waals surface area contributed by atoms with Crippen molar-refractivity contribution in [1.29, 1.82) is 0 Å². The molecule has 0 aromatic heterocycles. The van der Waals surface area contributed by atoms with E-state index < -0.39 is 0 Å². The van der Waals surface area contributed by atoms with E-state index in [1.165, 1.54) is 0 Å². The molecule has 27 valence electrons. The zero-order valence-corrected chi connectivity index (χ0v) is 3.16. The molecule has 0 radical (unpaired) electrons. The van der Waals surface area contributed by atoms with Crippen LogP contribution in [-0.2, 0) is 16.0 Å². The third kappa shape index (κ3) is 26.2. The molecule has 2 nitrogen and oxygen atoms in total. The van der Waals surface area contributed by atoms with Gasteiger partial charge in [0.2, 0.25) is 0 Å². The molecule has 0 aromatic carbocycles. The molecule has 0 spiro atoms.